The predicted octanol–water partition coefficient (Wildman–Crippen LogP) is 3.06. The maximum atomic E-state index is 12.2. The summed E-state index contributed by atoms with van der Waals surface area (Å²) in [7, 11) is 3.16. The van der Waals surface area contributed by atoms with E-state index in [0.29, 0.717) is 28.7 Å². The Bertz CT molecular complexity index is 582. The summed E-state index contributed by atoms with van der Waals surface area (Å²) < 4.78 is 15.8. The molecule has 1 unspecified atom stereocenters. The number of hydrogen-bond donors (Lipinski definition) is 2. The van der Waals surface area contributed by atoms with E-state index in [0.717, 1.165) is 5.75 Å². The van der Waals surface area contributed by atoms with Gasteiger partial charge in [-0.1, -0.05) is 0 Å². The normalized spacial score (nSPS) is 11.6. The first-order valence-electron chi connectivity index (χ1n) is 7.90. The number of esters is 1. The summed E-state index contributed by atoms with van der Waals surface area (Å²) in [6.45, 7) is 3.64. The molecule has 0 saturated carbocycles. The van der Waals surface area contributed by atoms with Crippen molar-refractivity contribution in [2.75, 3.05) is 31.5 Å². The molecule has 0 aliphatic heterocycles. The summed E-state index contributed by atoms with van der Waals surface area (Å²) in [6.07, 6.45) is 2.43. The molecule has 0 heterocycles. The SMILES string of the molecule is COc1ccc(OC)c(NC(=S)NC(CCSC)C(=O)OC(C)C)c1. The molecule has 2 N–H and O–H groups in total. The Morgan fingerprint density at radius 1 is 1.28 bits per heavy atom. The lowest BCUT2D eigenvalue weighted by molar-refractivity contribution is -0.149. The van der Waals surface area contributed by atoms with Crippen LogP contribution in [0, 0.1) is 0 Å². The molecule has 0 saturated heterocycles. The Balaban J connectivity index is 2.81. The molecule has 8 heteroatoms. The predicted molar refractivity (Wildman–Crippen MR) is 107 cm³/mol. The van der Waals surface area contributed by atoms with Gasteiger partial charge in [0.25, 0.3) is 0 Å². The van der Waals surface area contributed by atoms with Crippen LogP contribution in [0.4, 0.5) is 5.69 Å². The average molecular weight is 387 g/mol. The number of rotatable bonds is 9. The summed E-state index contributed by atoms with van der Waals surface area (Å²) in [5.41, 5.74) is 0.653. The third-order valence-electron chi connectivity index (χ3n) is 3.21. The highest BCUT2D eigenvalue weighted by molar-refractivity contribution is 7.98. The minimum Gasteiger partial charge on any atom is -0.497 e. The van der Waals surface area contributed by atoms with Gasteiger partial charge < -0.3 is 24.8 Å². The number of anilines is 1. The van der Waals surface area contributed by atoms with Crippen LogP contribution < -0.4 is 20.1 Å². The number of thioether (sulfide) groups is 1. The quantitative estimate of drug-likeness (QED) is 0.496. The first-order valence-corrected chi connectivity index (χ1v) is 9.70. The number of ether oxygens (including phenoxy) is 3. The van der Waals surface area contributed by atoms with E-state index < -0.39 is 6.04 Å². The third-order valence-corrected chi connectivity index (χ3v) is 4.07. The molecule has 0 radical (unpaired) electrons. The second-order valence-corrected chi connectivity index (χ2v) is 6.88. The number of carbonyl (C=O) groups excluding carboxylic acids is 1. The van der Waals surface area contributed by atoms with Crippen molar-refractivity contribution in [3.8, 4) is 11.5 Å². The molecule has 25 heavy (non-hydrogen) atoms. The van der Waals surface area contributed by atoms with Crippen LogP contribution >= 0.6 is 24.0 Å². The second-order valence-electron chi connectivity index (χ2n) is 5.48. The van der Waals surface area contributed by atoms with E-state index >= 15 is 0 Å². The first kappa shape index (κ1) is 21.4. The lowest BCUT2D eigenvalue weighted by Gasteiger charge is -2.21. The van der Waals surface area contributed by atoms with Crippen molar-refractivity contribution >= 4 is 40.7 Å². The van der Waals surface area contributed by atoms with Gasteiger partial charge in [-0.05, 0) is 56.6 Å². The van der Waals surface area contributed by atoms with E-state index in [1.165, 1.54) is 0 Å². The zero-order valence-corrected chi connectivity index (χ0v) is 16.9. The number of carbonyl (C=O) groups is 1. The van der Waals surface area contributed by atoms with Crippen molar-refractivity contribution < 1.29 is 19.0 Å². The highest BCUT2D eigenvalue weighted by Crippen LogP contribution is 2.28. The summed E-state index contributed by atoms with van der Waals surface area (Å²) in [5.74, 6) is 1.79. The van der Waals surface area contributed by atoms with Crippen molar-refractivity contribution in [1.82, 2.24) is 5.32 Å². The van der Waals surface area contributed by atoms with Crippen LogP contribution in [0.2, 0.25) is 0 Å². The molecule has 0 bridgehead atoms. The number of nitrogens with one attached hydrogen (secondary N) is 2. The van der Waals surface area contributed by atoms with Gasteiger partial charge in [0.1, 0.15) is 17.5 Å². The van der Waals surface area contributed by atoms with Gasteiger partial charge >= 0.3 is 5.97 Å². The van der Waals surface area contributed by atoms with Crippen molar-refractivity contribution in [3.63, 3.8) is 0 Å². The highest BCUT2D eigenvalue weighted by atomic mass is 32.2. The lowest BCUT2D eigenvalue weighted by atomic mass is 10.2. The standard InChI is InChI=1S/C17H26N2O4S2/c1-11(2)23-16(20)13(8-9-25-5)18-17(24)19-14-10-12(21-3)6-7-15(14)22-4/h6-7,10-11,13H,8-9H2,1-5H3,(H2,18,19,24). The van der Waals surface area contributed by atoms with Crippen molar-refractivity contribution in [1.29, 1.82) is 0 Å². The van der Waals surface area contributed by atoms with E-state index in [9.17, 15) is 4.79 Å². The van der Waals surface area contributed by atoms with E-state index in [1.54, 1.807) is 44.2 Å². The number of thiocarbonyl (C=S) groups is 1. The fourth-order valence-corrected chi connectivity index (χ4v) is 2.75. The van der Waals surface area contributed by atoms with Crippen LogP contribution in [-0.2, 0) is 9.53 Å². The number of hydrogen-bond acceptors (Lipinski definition) is 6. The minimum absolute atomic E-state index is 0.175. The van der Waals surface area contributed by atoms with Crippen LogP contribution in [0.5, 0.6) is 11.5 Å². The van der Waals surface area contributed by atoms with E-state index in [1.807, 2.05) is 20.1 Å². The molecule has 140 valence electrons. The molecule has 6 nitrogen and oxygen atoms in total. The maximum absolute atomic E-state index is 12.2. The van der Waals surface area contributed by atoms with E-state index in [4.69, 9.17) is 26.4 Å². The van der Waals surface area contributed by atoms with Crippen LogP contribution in [0.15, 0.2) is 18.2 Å². The molecule has 1 aromatic rings. The summed E-state index contributed by atoms with van der Waals surface area (Å²) in [4.78, 5) is 12.2. The van der Waals surface area contributed by atoms with Gasteiger partial charge in [0.2, 0.25) is 0 Å². The maximum Gasteiger partial charge on any atom is 0.328 e. The first-order chi connectivity index (χ1) is 11.9. The molecule has 0 spiro atoms. The van der Waals surface area contributed by atoms with Crippen LogP contribution in [0.25, 0.3) is 0 Å². The smallest absolute Gasteiger partial charge is 0.328 e. The summed E-state index contributed by atoms with van der Waals surface area (Å²) >= 11 is 7.01. The minimum atomic E-state index is -0.508. The van der Waals surface area contributed by atoms with Gasteiger partial charge in [-0.3, -0.25) is 0 Å². The average Bonchev–Trinajstić information content (AvgIpc) is 2.57. The Morgan fingerprint density at radius 3 is 2.56 bits per heavy atom. The van der Waals surface area contributed by atoms with E-state index in [-0.39, 0.29) is 12.1 Å². The topological polar surface area (TPSA) is 68.8 Å². The second kappa shape index (κ2) is 11.0. The molecule has 1 rings (SSSR count). The van der Waals surface area contributed by atoms with Crippen LogP contribution in [0.1, 0.15) is 20.3 Å². The Labute approximate surface area is 159 Å². The molecule has 0 aromatic heterocycles. The largest absolute Gasteiger partial charge is 0.497 e. The van der Waals surface area contributed by atoms with Crippen molar-refractivity contribution in [2.24, 2.45) is 0 Å². The molecule has 1 aromatic carbocycles. The number of methoxy groups -OCH3 is 2. The van der Waals surface area contributed by atoms with Crippen molar-refractivity contribution in [2.45, 2.75) is 32.4 Å². The Morgan fingerprint density at radius 2 is 2.00 bits per heavy atom. The molecule has 0 fully saturated rings. The molecular formula is C17H26N2O4S2. The molecule has 0 amide bonds. The lowest BCUT2D eigenvalue weighted by Crippen LogP contribution is -2.44. The Hall–Kier alpha value is -1.67. The van der Waals surface area contributed by atoms with Gasteiger partial charge in [0.15, 0.2) is 5.11 Å². The van der Waals surface area contributed by atoms with Crippen molar-refractivity contribution in [3.05, 3.63) is 18.2 Å². The third kappa shape index (κ3) is 7.39. The van der Waals surface area contributed by atoms with E-state index in [2.05, 4.69) is 10.6 Å². The zero-order chi connectivity index (χ0) is 18.8. The summed E-state index contributed by atoms with van der Waals surface area (Å²) in [6, 6.07) is 4.84. The number of benzene rings is 1. The highest BCUT2D eigenvalue weighted by Gasteiger charge is 2.22. The van der Waals surface area contributed by atoms with Gasteiger partial charge in [-0.25, -0.2) is 4.79 Å². The fraction of sp³-hybridized carbons (Fsp3) is 0.529. The van der Waals surface area contributed by atoms with Gasteiger partial charge in [-0.15, -0.1) is 0 Å². The molecule has 0 aliphatic rings. The summed E-state index contributed by atoms with van der Waals surface area (Å²) in [5, 5.41) is 6.40. The molecule has 1 atom stereocenters. The van der Waals surface area contributed by atoms with Crippen LogP contribution in [-0.4, -0.2) is 49.5 Å². The van der Waals surface area contributed by atoms with Gasteiger partial charge in [-0.2, -0.15) is 11.8 Å². The zero-order valence-electron chi connectivity index (χ0n) is 15.3. The molecule has 0 aliphatic carbocycles. The fourth-order valence-electron chi connectivity index (χ4n) is 2.03. The van der Waals surface area contributed by atoms with Crippen LogP contribution in [0.3, 0.4) is 0 Å². The Kier molecular flexibility index (Phi) is 9.44. The van der Waals surface area contributed by atoms with Gasteiger partial charge in [0, 0.05) is 6.07 Å². The molecular weight excluding hydrogens is 360 g/mol. The van der Waals surface area contributed by atoms with Gasteiger partial charge in [0.05, 0.1) is 26.0 Å². The monoisotopic (exact) mass is 386 g/mol.